The van der Waals surface area contributed by atoms with Gasteiger partial charge in [-0.3, -0.25) is 18.9 Å². The van der Waals surface area contributed by atoms with Crippen molar-refractivity contribution < 1.29 is 18.0 Å². The summed E-state index contributed by atoms with van der Waals surface area (Å²) < 4.78 is 29.0. The van der Waals surface area contributed by atoms with Gasteiger partial charge >= 0.3 is 0 Å². The summed E-state index contributed by atoms with van der Waals surface area (Å²) in [5, 5.41) is 4.99. The summed E-state index contributed by atoms with van der Waals surface area (Å²) in [6, 6.07) is 29.6. The number of nitrogens with two attached hydrogens (primary N) is 1. The highest BCUT2D eigenvalue weighted by molar-refractivity contribution is 7.92. The van der Waals surface area contributed by atoms with Crippen LogP contribution in [0.15, 0.2) is 119 Å². The molecule has 1 heterocycles. The van der Waals surface area contributed by atoms with E-state index in [9.17, 15) is 18.0 Å². The van der Waals surface area contributed by atoms with E-state index in [4.69, 9.17) is 10.7 Å². The molecule has 238 valence electrons. The molecule has 0 saturated carbocycles. The molecule has 5 rings (SSSR count). The standard InChI is InChI=1S/C37H40N4O4S/c1-28-15-19-33(20-16-28)46(44,45)41(32-12-3-2-4-13-32)25-7-14-35(42)37(21-8-24-40-37)34(27-36(43)39-23-9-22-38)31-18-17-29-10-5-6-11-30(29)26-31/h2-6,8,10-13,15-21,24,26,34H,7,9,14,22-23,25,27,38H2,1H3,(H,39,43). The van der Waals surface area contributed by atoms with E-state index < -0.39 is 21.5 Å². The van der Waals surface area contributed by atoms with Crippen LogP contribution >= 0.6 is 0 Å². The second-order valence-electron chi connectivity index (χ2n) is 11.6. The summed E-state index contributed by atoms with van der Waals surface area (Å²) in [7, 11) is -3.89. The maximum atomic E-state index is 14.3. The summed E-state index contributed by atoms with van der Waals surface area (Å²) in [4.78, 5) is 32.4. The molecule has 2 unspecified atom stereocenters. The first-order valence-corrected chi connectivity index (χ1v) is 17.0. The molecule has 0 saturated heterocycles. The Morgan fingerprint density at radius 2 is 1.63 bits per heavy atom. The summed E-state index contributed by atoms with van der Waals surface area (Å²) in [6.45, 7) is 2.91. The molecule has 0 aromatic heterocycles. The predicted octanol–water partition coefficient (Wildman–Crippen LogP) is 5.71. The third kappa shape index (κ3) is 7.27. The first-order valence-electron chi connectivity index (χ1n) is 15.6. The maximum absolute atomic E-state index is 14.3. The third-order valence-electron chi connectivity index (χ3n) is 8.39. The average molecular weight is 637 g/mol. The topological polar surface area (TPSA) is 122 Å². The number of para-hydroxylation sites is 1. The molecule has 0 aliphatic carbocycles. The van der Waals surface area contributed by atoms with Crippen LogP contribution in [0.4, 0.5) is 5.69 Å². The molecule has 46 heavy (non-hydrogen) atoms. The van der Waals surface area contributed by atoms with Crippen LogP contribution in [0, 0.1) is 6.92 Å². The van der Waals surface area contributed by atoms with Gasteiger partial charge in [0.2, 0.25) is 5.91 Å². The molecule has 0 radical (unpaired) electrons. The smallest absolute Gasteiger partial charge is 0.264 e. The fraction of sp³-hybridized carbons (Fsp3) is 0.270. The Balaban J connectivity index is 1.42. The van der Waals surface area contributed by atoms with Crippen molar-refractivity contribution in [3.63, 3.8) is 0 Å². The number of hydrogen-bond donors (Lipinski definition) is 2. The molecule has 2 atom stereocenters. The lowest BCUT2D eigenvalue weighted by Crippen LogP contribution is -2.43. The van der Waals surface area contributed by atoms with Crippen molar-refractivity contribution in [1.82, 2.24) is 5.32 Å². The number of carbonyl (C=O) groups excluding carboxylic acids is 2. The van der Waals surface area contributed by atoms with E-state index >= 15 is 0 Å². The third-order valence-corrected chi connectivity index (χ3v) is 10.2. The molecule has 3 N–H and O–H groups in total. The second-order valence-corrected chi connectivity index (χ2v) is 13.4. The van der Waals surface area contributed by atoms with Gasteiger partial charge in [-0.25, -0.2) is 8.42 Å². The minimum Gasteiger partial charge on any atom is -0.356 e. The van der Waals surface area contributed by atoms with Gasteiger partial charge in [-0.1, -0.05) is 78.4 Å². The highest BCUT2D eigenvalue weighted by atomic mass is 32.2. The van der Waals surface area contributed by atoms with E-state index in [-0.39, 0.29) is 42.4 Å². The van der Waals surface area contributed by atoms with E-state index in [1.54, 1.807) is 66.9 Å². The lowest BCUT2D eigenvalue weighted by Gasteiger charge is -2.33. The Labute approximate surface area is 271 Å². The lowest BCUT2D eigenvalue weighted by molar-refractivity contribution is -0.124. The normalized spacial score (nSPS) is 16.4. The van der Waals surface area contributed by atoms with Gasteiger partial charge in [0.15, 0.2) is 5.78 Å². The van der Waals surface area contributed by atoms with Crippen molar-refractivity contribution in [2.45, 2.75) is 49.0 Å². The van der Waals surface area contributed by atoms with Crippen LogP contribution in [-0.2, 0) is 19.6 Å². The summed E-state index contributed by atoms with van der Waals surface area (Å²) in [5.41, 5.74) is 6.63. The molecule has 8 nitrogen and oxygen atoms in total. The fourth-order valence-electron chi connectivity index (χ4n) is 5.91. The van der Waals surface area contributed by atoms with Crippen molar-refractivity contribution in [1.29, 1.82) is 0 Å². The van der Waals surface area contributed by atoms with Gasteiger partial charge in [-0.05, 0) is 79.1 Å². The van der Waals surface area contributed by atoms with Crippen LogP contribution in [0.3, 0.4) is 0 Å². The molecule has 1 aliphatic rings. The van der Waals surface area contributed by atoms with Crippen molar-refractivity contribution in [2.24, 2.45) is 10.7 Å². The van der Waals surface area contributed by atoms with Crippen LogP contribution in [0.5, 0.6) is 0 Å². The van der Waals surface area contributed by atoms with Gasteiger partial charge in [0.1, 0.15) is 5.54 Å². The predicted molar refractivity (Wildman–Crippen MR) is 185 cm³/mol. The molecular weight excluding hydrogens is 596 g/mol. The van der Waals surface area contributed by atoms with E-state index in [0.29, 0.717) is 25.2 Å². The number of hydrogen-bond acceptors (Lipinski definition) is 6. The van der Waals surface area contributed by atoms with Gasteiger partial charge in [0, 0.05) is 38.1 Å². The molecule has 1 aliphatic heterocycles. The Morgan fingerprint density at radius 1 is 0.913 bits per heavy atom. The largest absolute Gasteiger partial charge is 0.356 e. The molecule has 0 fully saturated rings. The van der Waals surface area contributed by atoms with E-state index in [1.807, 2.05) is 55.5 Å². The number of aliphatic imine (C=N–C) groups is 1. The van der Waals surface area contributed by atoms with Crippen LogP contribution < -0.4 is 15.4 Å². The maximum Gasteiger partial charge on any atom is 0.264 e. The summed E-state index contributed by atoms with van der Waals surface area (Å²) >= 11 is 0. The number of fused-ring (bicyclic) bond motifs is 1. The van der Waals surface area contributed by atoms with Gasteiger partial charge in [0.05, 0.1) is 10.6 Å². The second kappa shape index (κ2) is 14.7. The Bertz CT molecular complexity index is 1820. The van der Waals surface area contributed by atoms with E-state index in [2.05, 4.69) is 5.32 Å². The fourth-order valence-corrected chi connectivity index (χ4v) is 7.41. The number of amides is 1. The number of nitrogens with zero attached hydrogens (tertiary/aromatic N) is 2. The highest BCUT2D eigenvalue weighted by Gasteiger charge is 2.45. The van der Waals surface area contributed by atoms with Crippen molar-refractivity contribution in [2.75, 3.05) is 23.9 Å². The number of Topliss-reactive ketones (excluding diaryl/α,β-unsaturated/α-hetero) is 1. The first-order chi connectivity index (χ1) is 22.2. The van der Waals surface area contributed by atoms with Crippen molar-refractivity contribution >= 4 is 44.4 Å². The van der Waals surface area contributed by atoms with Gasteiger partial charge in [-0.15, -0.1) is 0 Å². The van der Waals surface area contributed by atoms with Crippen LogP contribution in [-0.4, -0.2) is 51.5 Å². The highest BCUT2D eigenvalue weighted by Crippen LogP contribution is 2.40. The number of benzene rings is 4. The Hall–Kier alpha value is -4.60. The zero-order valence-corrected chi connectivity index (χ0v) is 26.8. The van der Waals surface area contributed by atoms with Crippen molar-refractivity contribution in [3.05, 3.63) is 120 Å². The molecule has 1 amide bonds. The van der Waals surface area contributed by atoms with E-state index in [0.717, 1.165) is 21.9 Å². The number of sulfonamides is 1. The number of anilines is 1. The number of allylic oxidation sites excluding steroid dienone is 1. The summed E-state index contributed by atoms with van der Waals surface area (Å²) in [5.74, 6) is -0.932. The van der Waals surface area contributed by atoms with Gasteiger partial charge in [0.25, 0.3) is 10.0 Å². The first kappa shape index (κ1) is 32.8. The zero-order chi connectivity index (χ0) is 32.6. The molecule has 4 aromatic rings. The molecule has 4 aromatic carbocycles. The van der Waals surface area contributed by atoms with E-state index in [1.165, 1.54) is 4.31 Å². The SMILES string of the molecule is Cc1ccc(S(=O)(=O)N(CCCC(=O)C2(C(CC(=O)NCCCN)c3ccc4ccccc4c3)C=CC=N2)c2ccccc2)cc1. The average Bonchev–Trinajstić information content (AvgIpc) is 3.57. The number of ketones is 1. The van der Waals surface area contributed by atoms with Crippen LogP contribution in [0.25, 0.3) is 10.8 Å². The number of carbonyl (C=O) groups is 2. The molecular formula is C37H40N4O4S. The van der Waals surface area contributed by atoms with Crippen molar-refractivity contribution in [3.8, 4) is 0 Å². The van der Waals surface area contributed by atoms with Crippen LogP contribution in [0.2, 0.25) is 0 Å². The van der Waals surface area contributed by atoms with Crippen LogP contribution in [0.1, 0.15) is 42.7 Å². The minimum atomic E-state index is -3.89. The zero-order valence-electron chi connectivity index (χ0n) is 26.0. The van der Waals surface area contributed by atoms with Gasteiger partial charge < -0.3 is 11.1 Å². The summed E-state index contributed by atoms with van der Waals surface area (Å²) in [6.07, 6.45) is 6.16. The molecule has 0 spiro atoms. The minimum absolute atomic E-state index is 0.0499. The Kier molecular flexibility index (Phi) is 10.4. The Morgan fingerprint density at radius 3 is 2.33 bits per heavy atom. The van der Waals surface area contributed by atoms with Gasteiger partial charge in [-0.2, -0.15) is 0 Å². The number of rotatable bonds is 15. The number of aryl methyl sites for hydroxylation is 1. The monoisotopic (exact) mass is 636 g/mol. The number of nitrogens with one attached hydrogen (secondary N) is 1. The molecule has 9 heteroatoms. The molecule has 0 bridgehead atoms. The lowest BCUT2D eigenvalue weighted by atomic mass is 9.73. The quantitative estimate of drug-likeness (QED) is 0.162.